The molecular formula is C16H19FN2O3. The average molecular weight is 306 g/mol. The molecule has 0 aliphatic heterocycles. The SMILES string of the molecule is Cc1cc(CN(C)C(=O)C(C)(C)Oc2ccc(F)cc2)no1. The third-order valence-corrected chi connectivity index (χ3v) is 3.12. The molecule has 5 nitrogen and oxygen atoms in total. The Labute approximate surface area is 128 Å². The molecule has 2 aromatic rings. The molecule has 118 valence electrons. The third-order valence-electron chi connectivity index (χ3n) is 3.12. The molecule has 22 heavy (non-hydrogen) atoms. The predicted octanol–water partition coefficient (Wildman–Crippen LogP) is 2.94. The summed E-state index contributed by atoms with van der Waals surface area (Å²) < 4.78 is 23.6. The van der Waals surface area contributed by atoms with E-state index in [2.05, 4.69) is 5.16 Å². The van der Waals surface area contributed by atoms with E-state index >= 15 is 0 Å². The highest BCUT2D eigenvalue weighted by molar-refractivity contribution is 5.84. The predicted molar refractivity (Wildman–Crippen MR) is 78.8 cm³/mol. The zero-order valence-electron chi connectivity index (χ0n) is 13.1. The van der Waals surface area contributed by atoms with Crippen LogP contribution in [-0.4, -0.2) is 28.6 Å². The zero-order chi connectivity index (χ0) is 16.3. The fraction of sp³-hybridized carbons (Fsp3) is 0.375. The van der Waals surface area contributed by atoms with E-state index in [9.17, 15) is 9.18 Å². The molecule has 0 saturated carbocycles. The molecule has 0 atom stereocenters. The van der Waals surface area contributed by atoms with E-state index < -0.39 is 5.60 Å². The van der Waals surface area contributed by atoms with E-state index in [1.165, 1.54) is 29.2 Å². The first-order chi connectivity index (χ1) is 10.3. The molecular weight excluding hydrogens is 287 g/mol. The molecule has 1 amide bonds. The fourth-order valence-corrected chi connectivity index (χ4v) is 2.11. The maximum Gasteiger partial charge on any atom is 0.266 e. The van der Waals surface area contributed by atoms with Crippen molar-refractivity contribution in [1.82, 2.24) is 10.1 Å². The summed E-state index contributed by atoms with van der Waals surface area (Å²) in [6.45, 7) is 5.46. The van der Waals surface area contributed by atoms with Crippen LogP contribution in [0.2, 0.25) is 0 Å². The Hall–Kier alpha value is -2.37. The zero-order valence-corrected chi connectivity index (χ0v) is 13.1. The summed E-state index contributed by atoms with van der Waals surface area (Å²) in [6, 6.07) is 7.34. The molecule has 0 fully saturated rings. The Morgan fingerprint density at radius 3 is 2.55 bits per heavy atom. The summed E-state index contributed by atoms with van der Waals surface area (Å²) in [6.07, 6.45) is 0. The van der Waals surface area contributed by atoms with Gasteiger partial charge in [-0.2, -0.15) is 0 Å². The summed E-state index contributed by atoms with van der Waals surface area (Å²) in [5.41, 5.74) is -0.406. The van der Waals surface area contributed by atoms with Gasteiger partial charge in [-0.25, -0.2) is 4.39 Å². The Kier molecular flexibility index (Phi) is 4.49. The number of carbonyl (C=O) groups is 1. The quantitative estimate of drug-likeness (QED) is 0.852. The van der Waals surface area contributed by atoms with E-state index in [1.54, 1.807) is 33.9 Å². The van der Waals surface area contributed by atoms with Gasteiger partial charge in [-0.3, -0.25) is 4.79 Å². The van der Waals surface area contributed by atoms with Gasteiger partial charge in [0.25, 0.3) is 5.91 Å². The number of carbonyl (C=O) groups excluding carboxylic acids is 1. The number of hydrogen-bond acceptors (Lipinski definition) is 4. The second kappa shape index (κ2) is 6.17. The Morgan fingerprint density at radius 1 is 1.36 bits per heavy atom. The second-order valence-corrected chi connectivity index (χ2v) is 5.66. The molecule has 0 unspecified atom stereocenters. The van der Waals surface area contributed by atoms with Crippen molar-refractivity contribution in [3.63, 3.8) is 0 Å². The van der Waals surface area contributed by atoms with Crippen molar-refractivity contribution in [2.75, 3.05) is 7.05 Å². The molecule has 0 bridgehead atoms. The van der Waals surface area contributed by atoms with Crippen molar-refractivity contribution < 1.29 is 18.4 Å². The van der Waals surface area contributed by atoms with Crippen molar-refractivity contribution in [1.29, 1.82) is 0 Å². The number of hydrogen-bond donors (Lipinski definition) is 0. The van der Waals surface area contributed by atoms with Crippen LogP contribution in [0, 0.1) is 12.7 Å². The van der Waals surface area contributed by atoms with Gasteiger partial charge in [-0.15, -0.1) is 0 Å². The summed E-state index contributed by atoms with van der Waals surface area (Å²) in [5.74, 6) is 0.565. The normalized spacial score (nSPS) is 11.3. The van der Waals surface area contributed by atoms with Gasteiger partial charge in [0.2, 0.25) is 0 Å². The largest absolute Gasteiger partial charge is 0.478 e. The van der Waals surface area contributed by atoms with Crippen molar-refractivity contribution in [2.45, 2.75) is 32.9 Å². The van der Waals surface area contributed by atoms with Crippen LogP contribution in [0.25, 0.3) is 0 Å². The van der Waals surface area contributed by atoms with E-state index in [-0.39, 0.29) is 11.7 Å². The first kappa shape index (κ1) is 16.0. The molecule has 0 aliphatic rings. The van der Waals surface area contributed by atoms with E-state index in [1.807, 2.05) is 0 Å². The minimum atomic E-state index is -1.08. The molecule has 2 rings (SSSR count). The first-order valence-corrected chi connectivity index (χ1v) is 6.90. The highest BCUT2D eigenvalue weighted by Gasteiger charge is 2.33. The highest BCUT2D eigenvalue weighted by Crippen LogP contribution is 2.21. The Morgan fingerprint density at radius 2 is 2.00 bits per heavy atom. The minimum absolute atomic E-state index is 0.211. The van der Waals surface area contributed by atoms with Gasteiger partial charge in [0.1, 0.15) is 23.0 Å². The van der Waals surface area contributed by atoms with Crippen molar-refractivity contribution in [3.8, 4) is 5.75 Å². The molecule has 1 heterocycles. The van der Waals surface area contributed by atoms with Gasteiger partial charge in [-0.1, -0.05) is 5.16 Å². The molecule has 0 N–H and O–H groups in total. The number of amides is 1. The van der Waals surface area contributed by atoms with Crippen LogP contribution >= 0.6 is 0 Å². The number of benzene rings is 1. The maximum atomic E-state index is 12.9. The fourth-order valence-electron chi connectivity index (χ4n) is 2.11. The second-order valence-electron chi connectivity index (χ2n) is 5.66. The van der Waals surface area contributed by atoms with Gasteiger partial charge < -0.3 is 14.2 Å². The van der Waals surface area contributed by atoms with Crippen LogP contribution in [-0.2, 0) is 11.3 Å². The third kappa shape index (κ3) is 3.84. The van der Waals surface area contributed by atoms with Crippen LogP contribution in [0.3, 0.4) is 0 Å². The Bertz CT molecular complexity index is 650. The number of nitrogens with zero attached hydrogens (tertiary/aromatic N) is 2. The molecule has 6 heteroatoms. The van der Waals surface area contributed by atoms with Gasteiger partial charge in [0.05, 0.1) is 6.54 Å². The highest BCUT2D eigenvalue weighted by atomic mass is 19.1. The molecule has 0 aliphatic carbocycles. The van der Waals surface area contributed by atoms with Crippen LogP contribution in [0.15, 0.2) is 34.9 Å². The maximum absolute atomic E-state index is 12.9. The van der Waals surface area contributed by atoms with E-state index in [0.717, 1.165) is 0 Å². The lowest BCUT2D eigenvalue weighted by molar-refractivity contribution is -0.144. The first-order valence-electron chi connectivity index (χ1n) is 6.90. The monoisotopic (exact) mass is 306 g/mol. The number of rotatable bonds is 5. The van der Waals surface area contributed by atoms with E-state index in [0.29, 0.717) is 23.7 Å². The number of aryl methyl sites for hydroxylation is 1. The van der Waals surface area contributed by atoms with Gasteiger partial charge >= 0.3 is 0 Å². The van der Waals surface area contributed by atoms with E-state index in [4.69, 9.17) is 9.26 Å². The molecule has 0 spiro atoms. The van der Waals surface area contributed by atoms with Crippen molar-refractivity contribution >= 4 is 5.91 Å². The number of likely N-dealkylation sites (N-methyl/N-ethyl adjacent to an activating group) is 1. The Balaban J connectivity index is 2.03. The topological polar surface area (TPSA) is 55.6 Å². The minimum Gasteiger partial charge on any atom is -0.478 e. The van der Waals surface area contributed by atoms with Crippen LogP contribution in [0.1, 0.15) is 25.3 Å². The smallest absolute Gasteiger partial charge is 0.266 e. The van der Waals surface area contributed by atoms with Crippen LogP contribution < -0.4 is 4.74 Å². The van der Waals surface area contributed by atoms with Crippen LogP contribution in [0.5, 0.6) is 5.75 Å². The van der Waals surface area contributed by atoms with Gasteiger partial charge in [0, 0.05) is 13.1 Å². The molecule has 1 aromatic heterocycles. The number of aromatic nitrogens is 1. The van der Waals surface area contributed by atoms with Crippen molar-refractivity contribution in [3.05, 3.63) is 47.6 Å². The lowest BCUT2D eigenvalue weighted by Gasteiger charge is -2.29. The van der Waals surface area contributed by atoms with Gasteiger partial charge in [-0.05, 0) is 45.0 Å². The summed E-state index contributed by atoms with van der Waals surface area (Å²) in [7, 11) is 1.67. The summed E-state index contributed by atoms with van der Waals surface area (Å²) in [4.78, 5) is 14.0. The molecule has 1 aromatic carbocycles. The lowest BCUT2D eigenvalue weighted by atomic mass is 10.1. The van der Waals surface area contributed by atoms with Crippen molar-refractivity contribution in [2.24, 2.45) is 0 Å². The average Bonchev–Trinajstić information content (AvgIpc) is 2.85. The van der Waals surface area contributed by atoms with Crippen LogP contribution in [0.4, 0.5) is 4.39 Å². The van der Waals surface area contributed by atoms with Gasteiger partial charge in [0.15, 0.2) is 5.60 Å². The summed E-state index contributed by atoms with van der Waals surface area (Å²) >= 11 is 0. The standard InChI is InChI=1S/C16H19FN2O3/c1-11-9-13(18-22-11)10-19(4)15(20)16(2,3)21-14-7-5-12(17)6-8-14/h5-9H,10H2,1-4H3. The number of halogens is 1. The number of ether oxygens (including phenoxy) is 1. The lowest BCUT2D eigenvalue weighted by Crippen LogP contribution is -2.47. The summed E-state index contributed by atoms with van der Waals surface area (Å²) in [5, 5.41) is 3.86. The molecule has 0 radical (unpaired) electrons. The molecule has 0 saturated heterocycles.